The molecule has 4 atom stereocenters. The number of methoxy groups -OCH3 is 1. The molecule has 1 aromatic carbocycles. The third-order valence-corrected chi connectivity index (χ3v) is 5.88. The number of benzene rings is 1. The Morgan fingerprint density at radius 3 is 2.61 bits per heavy atom. The highest BCUT2D eigenvalue weighted by Crippen LogP contribution is 2.33. The van der Waals surface area contributed by atoms with Crippen molar-refractivity contribution in [3.8, 4) is 11.5 Å². The molecule has 0 spiro atoms. The first kappa shape index (κ1) is 28.9. The molecule has 11 nitrogen and oxygen atoms in total. The zero-order valence-electron chi connectivity index (χ0n) is 21.9. The van der Waals surface area contributed by atoms with Crippen LogP contribution in [0.15, 0.2) is 42.6 Å². The number of esters is 3. The van der Waals surface area contributed by atoms with Gasteiger partial charge in [0, 0.05) is 12.3 Å². The maximum Gasteiger partial charge on any atom is 0.327 e. The summed E-state index contributed by atoms with van der Waals surface area (Å²) in [5, 5.41) is 13.6. The fourth-order valence-electron chi connectivity index (χ4n) is 3.89. The number of cyclic esters (lactones) is 2. The maximum atomic E-state index is 12.9. The van der Waals surface area contributed by atoms with E-state index in [9.17, 15) is 19.5 Å². The van der Waals surface area contributed by atoms with Crippen molar-refractivity contribution in [2.45, 2.75) is 52.0 Å². The molecule has 1 fully saturated rings. The van der Waals surface area contributed by atoms with Crippen LogP contribution in [0.5, 0.6) is 11.5 Å². The van der Waals surface area contributed by atoms with E-state index in [4.69, 9.17) is 23.7 Å². The molecule has 0 bridgehead atoms. The Morgan fingerprint density at radius 1 is 1.18 bits per heavy atom. The fraction of sp³-hybridized carbons (Fsp3) is 0.481. The molecule has 2 aromatic rings. The molecule has 3 rings (SSSR count). The lowest BCUT2D eigenvalue weighted by atomic mass is 9.94. The Kier molecular flexibility index (Phi) is 10.4. The van der Waals surface area contributed by atoms with E-state index in [1.165, 1.54) is 19.4 Å². The number of aliphatic hydroxyl groups is 1. The molecule has 1 saturated heterocycles. The van der Waals surface area contributed by atoms with E-state index < -0.39 is 49.0 Å². The van der Waals surface area contributed by atoms with Gasteiger partial charge in [0.05, 0.1) is 25.0 Å². The van der Waals surface area contributed by atoms with Crippen molar-refractivity contribution in [2.24, 2.45) is 11.8 Å². The van der Waals surface area contributed by atoms with Crippen molar-refractivity contribution in [3.05, 3.63) is 53.9 Å². The van der Waals surface area contributed by atoms with Crippen molar-refractivity contribution >= 4 is 17.9 Å². The van der Waals surface area contributed by atoms with E-state index in [0.29, 0.717) is 12.8 Å². The summed E-state index contributed by atoms with van der Waals surface area (Å²) in [6, 6.07) is 9.82. The summed E-state index contributed by atoms with van der Waals surface area (Å²) in [5.74, 6) is -2.25. The van der Waals surface area contributed by atoms with Gasteiger partial charge in [-0.25, -0.2) is 0 Å². The van der Waals surface area contributed by atoms with Crippen LogP contribution in [-0.4, -0.2) is 60.7 Å². The summed E-state index contributed by atoms with van der Waals surface area (Å²) in [4.78, 5) is 41.6. The average molecular weight is 531 g/mol. The first-order chi connectivity index (χ1) is 18.2. The van der Waals surface area contributed by atoms with Gasteiger partial charge in [-0.15, -0.1) is 0 Å². The average Bonchev–Trinajstić information content (AvgIpc) is 2.94. The van der Waals surface area contributed by atoms with Crippen molar-refractivity contribution in [1.82, 2.24) is 10.3 Å². The Hall–Kier alpha value is -3.70. The quantitative estimate of drug-likeness (QED) is 0.265. The molecule has 0 amide bonds. The van der Waals surface area contributed by atoms with Crippen LogP contribution in [-0.2, 0) is 35.0 Å². The van der Waals surface area contributed by atoms with Gasteiger partial charge in [0.25, 0.3) is 0 Å². The number of nitrogens with one attached hydrogen (secondary N) is 1. The maximum absolute atomic E-state index is 12.9. The minimum absolute atomic E-state index is 0.0104. The van der Waals surface area contributed by atoms with Crippen LogP contribution >= 0.6 is 0 Å². The predicted octanol–water partition coefficient (Wildman–Crippen LogP) is 2.31. The molecule has 1 aliphatic rings. The standard InChI is InChI=1S/C27H34N2O9/c1-16(2)25(31)37-15-36-23-21(34-4)10-11-28-22(23)24(30)29-20-14-35-26(32)19(12-17(3)38-27(20)33)13-18-8-6-5-7-9-18/h5-11,16-17,19-20,24,29-30H,12-15H2,1-4H3/t17-,19-,20-,24?/m0/s1. The molecule has 11 heteroatoms. The number of carbonyl (C=O) groups is 3. The van der Waals surface area contributed by atoms with E-state index in [1.54, 1.807) is 20.8 Å². The number of hydrogen-bond donors (Lipinski definition) is 2. The van der Waals surface area contributed by atoms with Crippen LogP contribution < -0.4 is 14.8 Å². The van der Waals surface area contributed by atoms with Crippen LogP contribution in [0, 0.1) is 11.8 Å². The van der Waals surface area contributed by atoms with Gasteiger partial charge in [0.1, 0.15) is 18.3 Å². The van der Waals surface area contributed by atoms with Gasteiger partial charge in [-0.3, -0.25) is 24.7 Å². The van der Waals surface area contributed by atoms with Crippen LogP contribution in [0.4, 0.5) is 0 Å². The van der Waals surface area contributed by atoms with Gasteiger partial charge in [0.15, 0.2) is 17.7 Å². The molecule has 0 radical (unpaired) electrons. The number of aromatic nitrogens is 1. The van der Waals surface area contributed by atoms with Gasteiger partial charge >= 0.3 is 17.9 Å². The highest BCUT2D eigenvalue weighted by atomic mass is 16.7. The first-order valence-electron chi connectivity index (χ1n) is 12.4. The number of carbonyl (C=O) groups excluding carboxylic acids is 3. The largest absolute Gasteiger partial charge is 0.493 e. The smallest absolute Gasteiger partial charge is 0.327 e. The van der Waals surface area contributed by atoms with Crippen LogP contribution in [0.2, 0.25) is 0 Å². The van der Waals surface area contributed by atoms with Crippen molar-refractivity contribution in [3.63, 3.8) is 0 Å². The topological polar surface area (TPSA) is 143 Å². The Bertz CT molecular complexity index is 1090. The lowest BCUT2D eigenvalue weighted by molar-refractivity contribution is -0.155. The molecule has 2 N–H and O–H groups in total. The zero-order valence-corrected chi connectivity index (χ0v) is 21.9. The van der Waals surface area contributed by atoms with Gasteiger partial charge in [-0.2, -0.15) is 0 Å². The minimum Gasteiger partial charge on any atom is -0.493 e. The van der Waals surface area contributed by atoms with E-state index in [0.717, 1.165) is 5.56 Å². The van der Waals surface area contributed by atoms with E-state index in [1.807, 2.05) is 30.3 Å². The Balaban J connectivity index is 1.72. The molecule has 206 valence electrons. The van der Waals surface area contributed by atoms with Crippen LogP contribution in [0.3, 0.4) is 0 Å². The highest BCUT2D eigenvalue weighted by molar-refractivity contribution is 5.78. The minimum atomic E-state index is -1.55. The van der Waals surface area contributed by atoms with Gasteiger partial charge in [0.2, 0.25) is 6.79 Å². The second-order valence-electron chi connectivity index (χ2n) is 9.23. The lowest BCUT2D eigenvalue weighted by Crippen LogP contribution is -2.44. The number of ether oxygens (including phenoxy) is 5. The number of aliphatic hydroxyl groups excluding tert-OH is 1. The van der Waals surface area contributed by atoms with Crippen molar-refractivity contribution in [2.75, 3.05) is 20.5 Å². The monoisotopic (exact) mass is 530 g/mol. The summed E-state index contributed by atoms with van der Waals surface area (Å²) in [6.07, 6.45) is 0.00221. The number of nitrogens with zero attached hydrogens (tertiary/aromatic N) is 1. The van der Waals surface area contributed by atoms with Gasteiger partial charge < -0.3 is 28.8 Å². The molecular weight excluding hydrogens is 496 g/mol. The zero-order chi connectivity index (χ0) is 27.7. The molecule has 38 heavy (non-hydrogen) atoms. The van der Waals surface area contributed by atoms with E-state index in [2.05, 4.69) is 10.3 Å². The normalized spacial score (nSPS) is 20.8. The van der Waals surface area contributed by atoms with Crippen molar-refractivity contribution in [1.29, 1.82) is 0 Å². The summed E-state index contributed by atoms with van der Waals surface area (Å²) < 4.78 is 26.9. The second-order valence-corrected chi connectivity index (χ2v) is 9.23. The molecule has 0 saturated carbocycles. The molecule has 1 unspecified atom stereocenters. The molecule has 2 heterocycles. The number of pyridine rings is 1. The highest BCUT2D eigenvalue weighted by Gasteiger charge is 2.34. The van der Waals surface area contributed by atoms with Crippen LogP contribution in [0.25, 0.3) is 0 Å². The molecule has 1 aliphatic heterocycles. The first-order valence-corrected chi connectivity index (χ1v) is 12.4. The number of hydrogen-bond acceptors (Lipinski definition) is 11. The predicted molar refractivity (Wildman–Crippen MR) is 134 cm³/mol. The lowest BCUT2D eigenvalue weighted by Gasteiger charge is -2.23. The Labute approximate surface area is 221 Å². The van der Waals surface area contributed by atoms with E-state index >= 15 is 0 Å². The summed E-state index contributed by atoms with van der Waals surface area (Å²) in [6.45, 7) is 4.26. The Morgan fingerprint density at radius 2 is 1.92 bits per heavy atom. The van der Waals surface area contributed by atoms with Gasteiger partial charge in [-0.1, -0.05) is 44.2 Å². The summed E-state index contributed by atoms with van der Waals surface area (Å²) in [7, 11) is 1.40. The molecule has 0 aliphatic carbocycles. The van der Waals surface area contributed by atoms with E-state index in [-0.39, 0.29) is 29.7 Å². The summed E-state index contributed by atoms with van der Waals surface area (Å²) >= 11 is 0. The number of rotatable bonds is 10. The molecular formula is C27H34N2O9. The SMILES string of the molecule is COc1ccnc(C(O)N[C@H]2COC(=O)[C@H](Cc3ccccc3)C[C@H](C)OC2=O)c1OCOC(=O)C(C)C. The fourth-order valence-corrected chi connectivity index (χ4v) is 3.89. The van der Waals surface area contributed by atoms with Crippen molar-refractivity contribution < 1.29 is 43.2 Å². The third-order valence-electron chi connectivity index (χ3n) is 5.88. The van der Waals surface area contributed by atoms with Gasteiger partial charge in [-0.05, 0) is 25.3 Å². The second kappa shape index (κ2) is 13.7. The summed E-state index contributed by atoms with van der Waals surface area (Å²) in [5.41, 5.74) is 0.937. The van der Waals surface area contributed by atoms with Crippen LogP contribution in [0.1, 0.15) is 44.7 Å². The third kappa shape index (κ3) is 7.90. The molecule has 1 aromatic heterocycles.